The fourth-order valence-corrected chi connectivity index (χ4v) is 12.6. The molecule has 4 bridgehead atoms. The molecule has 2 aromatic carbocycles. The summed E-state index contributed by atoms with van der Waals surface area (Å²) in [5.41, 5.74) is 6.08. The van der Waals surface area contributed by atoms with E-state index in [0.29, 0.717) is 31.1 Å². The van der Waals surface area contributed by atoms with Crippen LogP contribution in [0.2, 0.25) is 0 Å². The molecule has 12 heteroatoms. The van der Waals surface area contributed by atoms with Gasteiger partial charge in [0, 0.05) is 55.6 Å². The third-order valence-corrected chi connectivity index (χ3v) is 16.6. The summed E-state index contributed by atoms with van der Waals surface area (Å²) in [5, 5.41) is 0. The van der Waals surface area contributed by atoms with Crippen LogP contribution in [-0.2, 0) is 14.3 Å². The fourth-order valence-electron chi connectivity index (χ4n) is 12.6. The minimum atomic E-state index is -0.152. The predicted molar refractivity (Wildman–Crippen MR) is 270 cm³/mol. The number of benzene rings is 2. The molecule has 9 rings (SSSR count). The summed E-state index contributed by atoms with van der Waals surface area (Å²) in [4.78, 5) is 54.8. The maximum absolute atomic E-state index is 14.4. The molecule has 4 aromatic rings. The van der Waals surface area contributed by atoms with Crippen molar-refractivity contribution in [3.8, 4) is 39.4 Å². The van der Waals surface area contributed by atoms with Crippen molar-refractivity contribution in [3.05, 3.63) is 66.5 Å². The minimum absolute atomic E-state index is 0.00269. The summed E-state index contributed by atoms with van der Waals surface area (Å²) < 4.78 is 13.2. The van der Waals surface area contributed by atoms with Crippen molar-refractivity contribution in [1.82, 2.24) is 39.5 Å². The van der Waals surface area contributed by atoms with Gasteiger partial charge in [-0.15, -0.1) is 0 Å². The fraction of sp³-hybridized carbons (Fsp3) is 0.643. The van der Waals surface area contributed by atoms with E-state index in [1.807, 2.05) is 12.4 Å². The van der Waals surface area contributed by atoms with Crippen molar-refractivity contribution in [2.45, 2.75) is 167 Å². The molecule has 2 aliphatic carbocycles. The van der Waals surface area contributed by atoms with Gasteiger partial charge in [-0.1, -0.05) is 83.7 Å². The molecular formula is C56H80N8O4. The lowest BCUT2D eigenvalue weighted by Crippen LogP contribution is -2.42. The number of amides is 2. The third-order valence-electron chi connectivity index (χ3n) is 16.6. The van der Waals surface area contributed by atoms with E-state index in [4.69, 9.17) is 19.4 Å². The number of nitrogens with zero attached hydrogens (tertiary/aromatic N) is 6. The van der Waals surface area contributed by atoms with Gasteiger partial charge < -0.3 is 39.0 Å². The summed E-state index contributed by atoms with van der Waals surface area (Å²) in [6.07, 6.45) is 21.5. The van der Waals surface area contributed by atoms with Gasteiger partial charge in [-0.05, 0) is 132 Å². The molecule has 4 fully saturated rings. The van der Waals surface area contributed by atoms with Crippen LogP contribution >= 0.6 is 0 Å². The van der Waals surface area contributed by atoms with Crippen LogP contribution in [0.5, 0.6) is 5.75 Å². The maximum Gasteiger partial charge on any atom is 0.226 e. The topological polar surface area (TPSA) is 123 Å². The molecule has 3 aliphatic heterocycles. The molecule has 2 aromatic heterocycles. The van der Waals surface area contributed by atoms with E-state index in [1.165, 1.54) is 12.8 Å². The first-order valence-electron chi connectivity index (χ1n) is 27.0. The zero-order valence-electron chi connectivity index (χ0n) is 41.7. The van der Waals surface area contributed by atoms with Gasteiger partial charge in [0.1, 0.15) is 17.4 Å². The SMILES string of the molecule is CCN(CC)C1CCC(C(=O)N2CCC[C@H]2c2ncc(-c3ccc(-c4ccc5c(c4)OCCCCCCCCO[C@H]4C[C@@H](c6ncc-5[nH]6)N(C(=O)C5CCC(N(CC)CC)CC5)C4)cc3)[nH]2)CC1. The number of H-pyrrole nitrogens is 2. The Bertz CT molecular complexity index is 2230. The zero-order chi connectivity index (χ0) is 47.0. The van der Waals surface area contributed by atoms with Crippen LogP contribution in [0.25, 0.3) is 33.6 Å². The van der Waals surface area contributed by atoms with Crippen molar-refractivity contribution in [3.63, 3.8) is 0 Å². The molecule has 0 spiro atoms. The molecule has 2 amide bonds. The second-order valence-corrected chi connectivity index (χ2v) is 20.5. The van der Waals surface area contributed by atoms with Crippen molar-refractivity contribution in [1.29, 1.82) is 0 Å². The molecule has 2 saturated carbocycles. The molecule has 2 saturated heterocycles. The monoisotopic (exact) mass is 929 g/mol. The van der Waals surface area contributed by atoms with E-state index < -0.39 is 0 Å². The normalized spacial score (nSPS) is 26.4. The number of aromatic amines is 2. The summed E-state index contributed by atoms with van der Waals surface area (Å²) in [6, 6.07) is 16.2. The van der Waals surface area contributed by atoms with Gasteiger partial charge in [0.15, 0.2) is 0 Å². The lowest BCUT2D eigenvalue weighted by atomic mass is 9.84. The minimum Gasteiger partial charge on any atom is -0.493 e. The number of rotatable bonds is 11. The van der Waals surface area contributed by atoms with E-state index >= 15 is 0 Å². The number of hydrogen-bond donors (Lipinski definition) is 2. The van der Waals surface area contributed by atoms with E-state index in [9.17, 15) is 9.59 Å². The predicted octanol–water partition coefficient (Wildman–Crippen LogP) is 11.0. The molecule has 0 radical (unpaired) electrons. The Hall–Kier alpha value is -4.52. The summed E-state index contributed by atoms with van der Waals surface area (Å²) >= 11 is 0. The van der Waals surface area contributed by atoms with E-state index in [-0.39, 0.29) is 35.9 Å². The summed E-state index contributed by atoms with van der Waals surface area (Å²) in [6.45, 7) is 16.1. The molecule has 368 valence electrons. The largest absolute Gasteiger partial charge is 0.493 e. The van der Waals surface area contributed by atoms with Crippen molar-refractivity contribution in [2.24, 2.45) is 11.8 Å². The Morgan fingerprint density at radius 3 is 1.79 bits per heavy atom. The number of carbonyl (C=O) groups is 2. The smallest absolute Gasteiger partial charge is 0.226 e. The van der Waals surface area contributed by atoms with Crippen LogP contribution in [0.4, 0.5) is 0 Å². The quantitative estimate of drug-likeness (QED) is 0.152. The highest BCUT2D eigenvalue weighted by atomic mass is 16.5. The van der Waals surface area contributed by atoms with Crippen LogP contribution in [-0.4, -0.2) is 122 Å². The second kappa shape index (κ2) is 22.9. The summed E-state index contributed by atoms with van der Waals surface area (Å²) in [5.74, 6) is 3.31. The molecule has 3 atom stereocenters. The van der Waals surface area contributed by atoms with Crippen LogP contribution in [0.1, 0.15) is 161 Å². The van der Waals surface area contributed by atoms with Gasteiger partial charge in [-0.2, -0.15) is 0 Å². The van der Waals surface area contributed by atoms with Crippen LogP contribution < -0.4 is 4.74 Å². The van der Waals surface area contributed by atoms with Crippen molar-refractivity contribution in [2.75, 3.05) is 52.5 Å². The van der Waals surface area contributed by atoms with E-state index in [0.717, 1.165) is 187 Å². The lowest BCUT2D eigenvalue weighted by Gasteiger charge is -2.37. The van der Waals surface area contributed by atoms with Crippen molar-refractivity contribution < 1.29 is 19.1 Å². The number of fused-ring (bicyclic) bond motifs is 7. The average Bonchev–Trinajstić information content (AvgIpc) is 4.23. The number of ether oxygens (including phenoxy) is 2. The molecule has 0 unspecified atom stereocenters. The van der Waals surface area contributed by atoms with E-state index in [1.54, 1.807) is 0 Å². The van der Waals surface area contributed by atoms with Gasteiger partial charge >= 0.3 is 0 Å². The molecule has 12 nitrogen and oxygen atoms in total. The second-order valence-electron chi connectivity index (χ2n) is 20.5. The number of hydrogen-bond acceptors (Lipinski definition) is 8. The molecule has 5 aliphatic rings. The highest BCUT2D eigenvalue weighted by Gasteiger charge is 2.42. The Kier molecular flexibility index (Phi) is 16.4. The molecule has 68 heavy (non-hydrogen) atoms. The Morgan fingerprint density at radius 1 is 0.603 bits per heavy atom. The Balaban J connectivity index is 0.895. The van der Waals surface area contributed by atoms with Crippen LogP contribution in [0.15, 0.2) is 54.9 Å². The van der Waals surface area contributed by atoms with E-state index in [2.05, 4.69) is 99.7 Å². The number of likely N-dealkylation sites (tertiary alicyclic amines) is 2. The molecule has 5 heterocycles. The van der Waals surface area contributed by atoms with Gasteiger partial charge in [0.25, 0.3) is 0 Å². The zero-order valence-corrected chi connectivity index (χ0v) is 41.7. The van der Waals surface area contributed by atoms with Gasteiger partial charge in [-0.3, -0.25) is 9.59 Å². The standard InChI is InChI=1S/C56H80N8O4/c1-5-61(6-2)44-26-21-41(22-27-44)55(65)63-31-15-16-50(63)53-57-36-48(59-53)40-19-17-39(18-20-40)43-25-30-47-49-37-58-54(60-49)51-35-46(67-32-13-11-9-10-12-14-33-68-52(47)34-43)38-64(51)56(66)42-23-28-45(29-24-42)62(7-3)8-4/h17-20,25,30,34,36-37,41-42,44-46,50-51H,5-16,21-24,26-29,31-33,35,38H2,1-4H3,(H,57,59)(H,58,60)/t41?,42?,44?,45?,46-,50-,51-/m0/s1. The third kappa shape index (κ3) is 10.9. The van der Waals surface area contributed by atoms with Crippen LogP contribution in [0.3, 0.4) is 0 Å². The highest BCUT2D eigenvalue weighted by Crippen LogP contribution is 2.41. The van der Waals surface area contributed by atoms with Gasteiger partial charge in [0.2, 0.25) is 11.8 Å². The number of nitrogens with one attached hydrogen (secondary N) is 2. The van der Waals surface area contributed by atoms with Crippen molar-refractivity contribution >= 4 is 11.8 Å². The first-order chi connectivity index (χ1) is 33.3. The first kappa shape index (κ1) is 48.5. The average molecular weight is 929 g/mol. The first-order valence-corrected chi connectivity index (χ1v) is 27.0. The number of imidazole rings is 2. The Morgan fingerprint density at radius 2 is 1.15 bits per heavy atom. The number of aromatic nitrogens is 4. The number of carbonyl (C=O) groups excluding carboxylic acids is 2. The maximum atomic E-state index is 14.4. The van der Waals surface area contributed by atoms with Gasteiger partial charge in [0.05, 0.1) is 48.6 Å². The molecule has 2 N–H and O–H groups in total. The Labute approximate surface area is 406 Å². The van der Waals surface area contributed by atoms with Crippen LogP contribution in [0, 0.1) is 11.8 Å². The highest BCUT2D eigenvalue weighted by molar-refractivity contribution is 5.81. The lowest BCUT2D eigenvalue weighted by molar-refractivity contribution is -0.139. The summed E-state index contributed by atoms with van der Waals surface area (Å²) in [7, 11) is 0. The van der Waals surface area contributed by atoms with Gasteiger partial charge in [-0.25, -0.2) is 9.97 Å². The molecular weight excluding hydrogens is 849 g/mol.